The third-order valence-corrected chi connectivity index (χ3v) is 4.75. The summed E-state index contributed by atoms with van der Waals surface area (Å²) in [5.74, 6) is -0.982. The Morgan fingerprint density at radius 3 is 2.37 bits per heavy atom. The van der Waals surface area contributed by atoms with Crippen molar-refractivity contribution in [2.75, 3.05) is 13.7 Å². The van der Waals surface area contributed by atoms with E-state index in [0.29, 0.717) is 18.6 Å². The zero-order valence-electron chi connectivity index (χ0n) is 15.9. The molecule has 2 atom stereocenters. The highest BCUT2D eigenvalue weighted by atomic mass is 16.5. The van der Waals surface area contributed by atoms with Gasteiger partial charge in [-0.1, -0.05) is 55.5 Å². The van der Waals surface area contributed by atoms with Crippen molar-refractivity contribution in [2.45, 2.75) is 32.1 Å². The molecule has 2 aromatic carbocycles. The Hall–Kier alpha value is -2.82. The molecule has 0 radical (unpaired) electrons. The van der Waals surface area contributed by atoms with Crippen LogP contribution in [0.3, 0.4) is 0 Å². The first kappa shape index (κ1) is 20.5. The number of ether oxygens (including phenoxy) is 1. The Bertz CT molecular complexity index is 745. The van der Waals surface area contributed by atoms with Gasteiger partial charge in [0.15, 0.2) is 0 Å². The van der Waals surface area contributed by atoms with Crippen molar-refractivity contribution >= 4 is 11.9 Å². The van der Waals surface area contributed by atoms with Gasteiger partial charge in [0.05, 0.1) is 13.0 Å². The molecular formula is C22H27NO4. The van der Waals surface area contributed by atoms with E-state index >= 15 is 0 Å². The second-order valence-electron chi connectivity index (χ2n) is 6.58. The van der Waals surface area contributed by atoms with Crippen LogP contribution in [0, 0.1) is 5.92 Å². The Labute approximate surface area is 160 Å². The fourth-order valence-electron chi connectivity index (χ4n) is 3.14. The number of carboxylic acids is 1. The minimum Gasteiger partial charge on any atom is -0.496 e. The van der Waals surface area contributed by atoms with Gasteiger partial charge in [-0.3, -0.25) is 9.59 Å². The molecule has 0 saturated heterocycles. The minimum absolute atomic E-state index is 0.0947. The van der Waals surface area contributed by atoms with Crippen molar-refractivity contribution in [1.82, 2.24) is 5.32 Å². The molecule has 5 heteroatoms. The van der Waals surface area contributed by atoms with Crippen molar-refractivity contribution in [3.8, 4) is 5.75 Å². The van der Waals surface area contributed by atoms with Crippen LogP contribution in [0.25, 0.3) is 0 Å². The van der Waals surface area contributed by atoms with Crippen molar-refractivity contribution in [1.29, 1.82) is 0 Å². The van der Waals surface area contributed by atoms with Crippen LogP contribution in [0.1, 0.15) is 36.8 Å². The number of carbonyl (C=O) groups excluding carboxylic acids is 1. The normalized spacial score (nSPS) is 12.8. The van der Waals surface area contributed by atoms with E-state index in [2.05, 4.69) is 5.32 Å². The molecule has 2 N–H and O–H groups in total. The van der Waals surface area contributed by atoms with Gasteiger partial charge in [-0.15, -0.1) is 0 Å². The summed E-state index contributed by atoms with van der Waals surface area (Å²) >= 11 is 0. The van der Waals surface area contributed by atoms with Crippen LogP contribution in [0.5, 0.6) is 5.75 Å². The summed E-state index contributed by atoms with van der Waals surface area (Å²) in [6.45, 7) is 2.14. The highest BCUT2D eigenvalue weighted by Gasteiger charge is 2.21. The molecule has 144 valence electrons. The van der Waals surface area contributed by atoms with Gasteiger partial charge in [0.2, 0.25) is 5.91 Å². The van der Waals surface area contributed by atoms with Crippen LogP contribution >= 0.6 is 0 Å². The number of benzene rings is 2. The molecule has 0 fully saturated rings. The minimum atomic E-state index is -0.934. The zero-order valence-corrected chi connectivity index (χ0v) is 15.9. The van der Waals surface area contributed by atoms with Gasteiger partial charge >= 0.3 is 5.97 Å². The summed E-state index contributed by atoms with van der Waals surface area (Å²) in [7, 11) is 1.56. The van der Waals surface area contributed by atoms with Gasteiger partial charge in [0, 0.05) is 13.0 Å². The van der Waals surface area contributed by atoms with E-state index in [4.69, 9.17) is 4.74 Å². The van der Waals surface area contributed by atoms with Gasteiger partial charge in [0.25, 0.3) is 0 Å². The number of carbonyl (C=O) groups is 2. The number of para-hydroxylation sites is 1. The van der Waals surface area contributed by atoms with E-state index in [1.54, 1.807) is 13.2 Å². The fraction of sp³-hybridized carbons (Fsp3) is 0.364. The van der Waals surface area contributed by atoms with Crippen LogP contribution in [0.2, 0.25) is 0 Å². The molecule has 5 nitrogen and oxygen atoms in total. The van der Waals surface area contributed by atoms with Crippen molar-refractivity contribution in [3.63, 3.8) is 0 Å². The molecule has 2 rings (SSSR count). The van der Waals surface area contributed by atoms with E-state index in [1.807, 2.05) is 55.5 Å². The largest absolute Gasteiger partial charge is 0.496 e. The lowest BCUT2D eigenvalue weighted by Gasteiger charge is -2.18. The molecule has 0 aliphatic rings. The standard InChI is InChI=1S/C22H27NO4/c1-3-16(17-9-5-4-6-10-17)14-21(24)23-15-19(22(25)26)13-18-11-7-8-12-20(18)27-2/h4-12,16,19H,3,13-15H2,1-2H3,(H,23,24)(H,25,26). The average Bonchev–Trinajstić information content (AvgIpc) is 2.69. The summed E-state index contributed by atoms with van der Waals surface area (Å²) in [6, 6.07) is 17.2. The van der Waals surface area contributed by atoms with Gasteiger partial charge < -0.3 is 15.2 Å². The highest BCUT2D eigenvalue weighted by Crippen LogP contribution is 2.23. The van der Waals surface area contributed by atoms with E-state index in [-0.39, 0.29) is 18.4 Å². The molecule has 0 aliphatic carbocycles. The topological polar surface area (TPSA) is 75.6 Å². The maximum atomic E-state index is 12.4. The number of rotatable bonds is 10. The quantitative estimate of drug-likeness (QED) is 0.670. The number of methoxy groups -OCH3 is 1. The van der Waals surface area contributed by atoms with Crippen molar-refractivity contribution < 1.29 is 19.4 Å². The lowest BCUT2D eigenvalue weighted by molar-refractivity contribution is -0.141. The fourth-order valence-corrected chi connectivity index (χ4v) is 3.14. The molecule has 1 amide bonds. The Balaban J connectivity index is 1.95. The van der Waals surface area contributed by atoms with Crippen molar-refractivity contribution in [3.05, 3.63) is 65.7 Å². The summed E-state index contributed by atoms with van der Waals surface area (Å²) in [6.07, 6.45) is 1.50. The van der Waals surface area contributed by atoms with Gasteiger partial charge in [-0.05, 0) is 36.0 Å². The third kappa shape index (κ3) is 6.13. The molecule has 0 aliphatic heterocycles. The monoisotopic (exact) mass is 369 g/mol. The lowest BCUT2D eigenvalue weighted by atomic mass is 9.93. The molecule has 0 saturated carbocycles. The van der Waals surface area contributed by atoms with Gasteiger partial charge in [0.1, 0.15) is 5.75 Å². The van der Waals surface area contributed by atoms with Crippen LogP contribution in [0.15, 0.2) is 54.6 Å². The molecule has 0 bridgehead atoms. The van der Waals surface area contributed by atoms with E-state index in [1.165, 1.54) is 0 Å². The molecule has 27 heavy (non-hydrogen) atoms. The molecule has 2 aromatic rings. The average molecular weight is 369 g/mol. The van der Waals surface area contributed by atoms with Crippen LogP contribution in [-0.2, 0) is 16.0 Å². The smallest absolute Gasteiger partial charge is 0.308 e. The predicted octanol–water partition coefficient (Wildman–Crippen LogP) is 3.64. The van der Waals surface area contributed by atoms with Crippen LogP contribution in [0.4, 0.5) is 0 Å². The zero-order chi connectivity index (χ0) is 19.6. The molecule has 2 unspecified atom stereocenters. The highest BCUT2D eigenvalue weighted by molar-refractivity contribution is 5.78. The third-order valence-electron chi connectivity index (χ3n) is 4.75. The number of carboxylic acid groups (broad SMARTS) is 1. The number of hydrogen-bond acceptors (Lipinski definition) is 3. The number of nitrogens with one attached hydrogen (secondary N) is 1. The Morgan fingerprint density at radius 1 is 1.07 bits per heavy atom. The first-order valence-electron chi connectivity index (χ1n) is 9.21. The molecule has 0 aromatic heterocycles. The first-order chi connectivity index (χ1) is 13.0. The molecular weight excluding hydrogens is 342 g/mol. The summed E-state index contributed by atoms with van der Waals surface area (Å²) in [5.41, 5.74) is 1.94. The summed E-state index contributed by atoms with van der Waals surface area (Å²) < 4.78 is 5.29. The second-order valence-corrected chi connectivity index (χ2v) is 6.58. The SMILES string of the molecule is CCC(CC(=O)NCC(Cc1ccccc1OC)C(=O)O)c1ccccc1. The number of amides is 1. The summed E-state index contributed by atoms with van der Waals surface area (Å²) in [5, 5.41) is 12.3. The van der Waals surface area contributed by atoms with E-state index in [0.717, 1.165) is 17.5 Å². The maximum absolute atomic E-state index is 12.4. The maximum Gasteiger partial charge on any atom is 0.308 e. The van der Waals surface area contributed by atoms with Crippen molar-refractivity contribution in [2.24, 2.45) is 5.92 Å². The Morgan fingerprint density at radius 2 is 1.74 bits per heavy atom. The van der Waals surface area contributed by atoms with Gasteiger partial charge in [-0.25, -0.2) is 0 Å². The second kappa shape index (κ2) is 10.4. The lowest BCUT2D eigenvalue weighted by Crippen LogP contribution is -2.34. The number of aliphatic carboxylic acids is 1. The van der Waals surface area contributed by atoms with Gasteiger partial charge in [-0.2, -0.15) is 0 Å². The first-order valence-corrected chi connectivity index (χ1v) is 9.21. The van der Waals surface area contributed by atoms with E-state index in [9.17, 15) is 14.7 Å². The Kier molecular flexibility index (Phi) is 7.86. The predicted molar refractivity (Wildman–Crippen MR) is 105 cm³/mol. The molecule has 0 spiro atoms. The van der Waals surface area contributed by atoms with Crippen LogP contribution < -0.4 is 10.1 Å². The number of hydrogen-bond donors (Lipinski definition) is 2. The summed E-state index contributed by atoms with van der Waals surface area (Å²) in [4.78, 5) is 24.0. The van der Waals surface area contributed by atoms with E-state index < -0.39 is 11.9 Å². The van der Waals surface area contributed by atoms with Crippen LogP contribution in [-0.4, -0.2) is 30.6 Å². The molecule has 0 heterocycles.